The van der Waals surface area contributed by atoms with E-state index in [-0.39, 0.29) is 0 Å². The van der Waals surface area contributed by atoms with Crippen LogP contribution in [0.4, 0.5) is 5.69 Å². The minimum absolute atomic E-state index is 0.690. The summed E-state index contributed by atoms with van der Waals surface area (Å²) in [7, 11) is 0. The predicted octanol–water partition coefficient (Wildman–Crippen LogP) is 1.76. The fraction of sp³-hybridized carbons (Fsp3) is 0.643. The molecule has 0 spiro atoms. The Hall–Kier alpha value is -1.09. The van der Waals surface area contributed by atoms with Gasteiger partial charge in [0.1, 0.15) is 0 Å². The number of fused-ring (bicyclic) bond motifs is 3. The Kier molecular flexibility index (Phi) is 3.02. The predicted molar refractivity (Wildman–Crippen MR) is 70.6 cm³/mol. The lowest BCUT2D eigenvalue weighted by Gasteiger charge is -2.42. The summed E-state index contributed by atoms with van der Waals surface area (Å²) in [5.74, 6) is 0. The Morgan fingerprint density at radius 3 is 3.29 bits per heavy atom. The van der Waals surface area contributed by atoms with Crippen molar-refractivity contribution >= 4 is 5.69 Å². The maximum atomic E-state index is 4.45. The molecule has 0 bridgehead atoms. The molecule has 1 atom stereocenters. The monoisotopic (exact) mass is 231 g/mol. The first-order valence-corrected chi connectivity index (χ1v) is 6.83. The first kappa shape index (κ1) is 11.0. The molecule has 0 unspecified atom stereocenters. The summed E-state index contributed by atoms with van der Waals surface area (Å²) in [5, 5.41) is 3.49. The lowest BCUT2D eigenvalue weighted by molar-refractivity contribution is 0.438. The number of aryl methyl sites for hydroxylation is 1. The van der Waals surface area contributed by atoms with Gasteiger partial charge in [0.2, 0.25) is 0 Å². The van der Waals surface area contributed by atoms with Gasteiger partial charge in [-0.3, -0.25) is 4.98 Å². The summed E-state index contributed by atoms with van der Waals surface area (Å²) in [6.07, 6.45) is 9.06. The fourth-order valence-electron chi connectivity index (χ4n) is 3.19. The number of nitrogens with zero attached hydrogens (tertiary/aromatic N) is 2. The number of pyridine rings is 1. The maximum Gasteiger partial charge on any atom is 0.0591 e. The topological polar surface area (TPSA) is 28.2 Å². The Labute approximate surface area is 103 Å². The average molecular weight is 231 g/mol. The summed E-state index contributed by atoms with van der Waals surface area (Å²) in [6.45, 7) is 5.62. The van der Waals surface area contributed by atoms with Crippen LogP contribution >= 0.6 is 0 Å². The number of rotatable bonds is 2. The van der Waals surface area contributed by atoms with Gasteiger partial charge in [-0.05, 0) is 30.4 Å². The molecule has 0 aromatic carbocycles. The second-order valence-corrected chi connectivity index (χ2v) is 5.14. The molecule has 1 N–H and O–H groups in total. The SMILES string of the molecule is CCCc1cncc2c1CC[C@@H]1CNCCN21. The normalized spacial score (nSPS) is 23.1. The van der Waals surface area contributed by atoms with E-state index >= 15 is 0 Å². The lowest BCUT2D eigenvalue weighted by atomic mass is 9.91. The molecule has 2 aliphatic rings. The van der Waals surface area contributed by atoms with E-state index in [0.29, 0.717) is 6.04 Å². The van der Waals surface area contributed by atoms with Gasteiger partial charge in [-0.15, -0.1) is 0 Å². The molecule has 3 heterocycles. The molecular weight excluding hydrogens is 210 g/mol. The highest BCUT2D eigenvalue weighted by molar-refractivity contribution is 5.58. The van der Waals surface area contributed by atoms with E-state index in [0.717, 1.165) is 19.6 Å². The van der Waals surface area contributed by atoms with Crippen LogP contribution in [-0.4, -0.2) is 30.7 Å². The molecule has 92 valence electrons. The second-order valence-electron chi connectivity index (χ2n) is 5.14. The van der Waals surface area contributed by atoms with Crippen LogP contribution in [0.2, 0.25) is 0 Å². The van der Waals surface area contributed by atoms with Gasteiger partial charge in [-0.25, -0.2) is 0 Å². The Morgan fingerprint density at radius 1 is 1.47 bits per heavy atom. The van der Waals surface area contributed by atoms with E-state index in [9.17, 15) is 0 Å². The third-order valence-corrected chi connectivity index (χ3v) is 4.03. The molecular formula is C14H21N3. The van der Waals surface area contributed by atoms with Crippen molar-refractivity contribution in [3.05, 3.63) is 23.5 Å². The minimum atomic E-state index is 0.690. The number of piperazine rings is 1. The molecule has 1 aromatic rings. The van der Waals surface area contributed by atoms with Gasteiger partial charge in [0, 0.05) is 31.9 Å². The molecule has 2 aliphatic heterocycles. The molecule has 1 aromatic heterocycles. The number of nitrogens with one attached hydrogen (secondary N) is 1. The second kappa shape index (κ2) is 4.65. The highest BCUT2D eigenvalue weighted by Crippen LogP contribution is 2.33. The van der Waals surface area contributed by atoms with Gasteiger partial charge in [0.15, 0.2) is 0 Å². The van der Waals surface area contributed by atoms with Gasteiger partial charge in [0.25, 0.3) is 0 Å². The van der Waals surface area contributed by atoms with Crippen LogP contribution in [0.3, 0.4) is 0 Å². The summed E-state index contributed by atoms with van der Waals surface area (Å²) in [5.41, 5.74) is 4.45. The van der Waals surface area contributed by atoms with E-state index in [2.05, 4.69) is 34.5 Å². The van der Waals surface area contributed by atoms with Crippen molar-refractivity contribution in [2.75, 3.05) is 24.5 Å². The Balaban J connectivity index is 1.96. The summed E-state index contributed by atoms with van der Waals surface area (Å²) < 4.78 is 0. The lowest BCUT2D eigenvalue weighted by Crippen LogP contribution is -2.53. The number of hydrogen-bond acceptors (Lipinski definition) is 3. The third kappa shape index (κ3) is 1.93. The molecule has 0 amide bonds. The minimum Gasteiger partial charge on any atom is -0.365 e. The maximum absolute atomic E-state index is 4.45. The Morgan fingerprint density at radius 2 is 2.41 bits per heavy atom. The van der Waals surface area contributed by atoms with Crippen molar-refractivity contribution in [2.24, 2.45) is 0 Å². The summed E-state index contributed by atoms with van der Waals surface area (Å²) >= 11 is 0. The van der Waals surface area contributed by atoms with E-state index in [1.165, 1.54) is 36.9 Å². The zero-order valence-electron chi connectivity index (χ0n) is 10.6. The van der Waals surface area contributed by atoms with Gasteiger partial charge in [-0.2, -0.15) is 0 Å². The van der Waals surface area contributed by atoms with E-state index in [4.69, 9.17) is 0 Å². The van der Waals surface area contributed by atoms with Crippen molar-refractivity contribution in [2.45, 2.75) is 38.6 Å². The van der Waals surface area contributed by atoms with Crippen molar-refractivity contribution in [3.8, 4) is 0 Å². The fourth-order valence-corrected chi connectivity index (χ4v) is 3.19. The molecule has 3 nitrogen and oxygen atoms in total. The number of aromatic nitrogens is 1. The zero-order valence-corrected chi connectivity index (χ0v) is 10.6. The average Bonchev–Trinajstić information content (AvgIpc) is 2.39. The van der Waals surface area contributed by atoms with Gasteiger partial charge in [0.05, 0.1) is 11.9 Å². The van der Waals surface area contributed by atoms with Crippen molar-refractivity contribution in [1.29, 1.82) is 0 Å². The molecule has 0 aliphatic carbocycles. The zero-order chi connectivity index (χ0) is 11.7. The van der Waals surface area contributed by atoms with Crippen LogP contribution in [0, 0.1) is 0 Å². The third-order valence-electron chi connectivity index (χ3n) is 4.03. The smallest absolute Gasteiger partial charge is 0.0591 e. The quantitative estimate of drug-likeness (QED) is 0.840. The van der Waals surface area contributed by atoms with Crippen LogP contribution in [0.15, 0.2) is 12.4 Å². The molecule has 0 radical (unpaired) electrons. The first-order chi connectivity index (χ1) is 8.40. The van der Waals surface area contributed by atoms with Gasteiger partial charge >= 0.3 is 0 Å². The van der Waals surface area contributed by atoms with Crippen LogP contribution in [0.25, 0.3) is 0 Å². The van der Waals surface area contributed by atoms with Crippen LogP contribution in [0.5, 0.6) is 0 Å². The van der Waals surface area contributed by atoms with Crippen molar-refractivity contribution in [1.82, 2.24) is 10.3 Å². The van der Waals surface area contributed by atoms with E-state index in [1.807, 2.05) is 0 Å². The standard InChI is InChI=1S/C14H21N3/c1-2-3-11-8-16-10-14-13(11)5-4-12-9-15-6-7-17(12)14/h8,10,12,15H,2-7,9H2,1H3/t12-/m1/s1. The number of anilines is 1. The molecule has 0 saturated carbocycles. The molecule has 1 fully saturated rings. The van der Waals surface area contributed by atoms with Crippen LogP contribution < -0.4 is 10.2 Å². The molecule has 3 rings (SSSR count). The van der Waals surface area contributed by atoms with E-state index < -0.39 is 0 Å². The van der Waals surface area contributed by atoms with E-state index in [1.54, 1.807) is 5.56 Å². The van der Waals surface area contributed by atoms with Crippen molar-refractivity contribution in [3.63, 3.8) is 0 Å². The number of hydrogen-bond donors (Lipinski definition) is 1. The molecule has 3 heteroatoms. The highest BCUT2D eigenvalue weighted by atomic mass is 15.2. The Bertz CT molecular complexity index is 402. The van der Waals surface area contributed by atoms with Crippen molar-refractivity contribution < 1.29 is 0 Å². The largest absolute Gasteiger partial charge is 0.365 e. The highest BCUT2D eigenvalue weighted by Gasteiger charge is 2.29. The summed E-state index contributed by atoms with van der Waals surface area (Å²) in [4.78, 5) is 7.02. The van der Waals surface area contributed by atoms with Crippen LogP contribution in [-0.2, 0) is 12.8 Å². The molecule has 1 saturated heterocycles. The first-order valence-electron chi connectivity index (χ1n) is 6.83. The van der Waals surface area contributed by atoms with Gasteiger partial charge < -0.3 is 10.2 Å². The van der Waals surface area contributed by atoms with Crippen LogP contribution in [0.1, 0.15) is 30.9 Å². The summed E-state index contributed by atoms with van der Waals surface area (Å²) in [6, 6.07) is 0.690. The van der Waals surface area contributed by atoms with Gasteiger partial charge in [-0.1, -0.05) is 13.3 Å². The molecule has 17 heavy (non-hydrogen) atoms.